The van der Waals surface area contributed by atoms with E-state index in [-0.39, 0.29) is 11.5 Å². The summed E-state index contributed by atoms with van der Waals surface area (Å²) in [5.74, 6) is -0.424. The summed E-state index contributed by atoms with van der Waals surface area (Å²) in [7, 11) is 0. The SMILES string of the molecule is OC1(C(F)(F)F)CSC1. The van der Waals surface area contributed by atoms with Gasteiger partial charge in [0.15, 0.2) is 5.60 Å². The molecular formula is C4H5F3OS. The maximum atomic E-state index is 11.6. The fourth-order valence-electron chi connectivity index (χ4n) is 0.459. The van der Waals surface area contributed by atoms with Gasteiger partial charge < -0.3 is 5.11 Å². The van der Waals surface area contributed by atoms with E-state index >= 15 is 0 Å². The third-order valence-electron chi connectivity index (χ3n) is 1.21. The van der Waals surface area contributed by atoms with Crippen LogP contribution in [0.4, 0.5) is 13.2 Å². The molecule has 1 nitrogen and oxygen atoms in total. The Hall–Kier alpha value is 0.100. The van der Waals surface area contributed by atoms with Crippen LogP contribution in [0.5, 0.6) is 0 Å². The summed E-state index contributed by atoms with van der Waals surface area (Å²) >= 11 is 1.10. The molecule has 0 aromatic carbocycles. The molecule has 1 aliphatic heterocycles. The largest absolute Gasteiger partial charge is 0.418 e. The topological polar surface area (TPSA) is 20.2 Å². The second-order valence-electron chi connectivity index (χ2n) is 2.02. The lowest BCUT2D eigenvalue weighted by molar-refractivity contribution is -0.245. The lowest BCUT2D eigenvalue weighted by atomic mass is 10.1. The Morgan fingerprint density at radius 2 is 1.78 bits per heavy atom. The number of alkyl halides is 3. The molecule has 54 valence electrons. The van der Waals surface area contributed by atoms with Crippen LogP contribution in [0.25, 0.3) is 0 Å². The summed E-state index contributed by atoms with van der Waals surface area (Å²) in [4.78, 5) is 0. The summed E-state index contributed by atoms with van der Waals surface area (Å²) in [5.41, 5.74) is -2.38. The first-order valence-corrected chi connectivity index (χ1v) is 3.48. The second kappa shape index (κ2) is 1.79. The van der Waals surface area contributed by atoms with Gasteiger partial charge >= 0.3 is 6.18 Å². The van der Waals surface area contributed by atoms with Gasteiger partial charge in [-0.05, 0) is 0 Å². The van der Waals surface area contributed by atoms with Gasteiger partial charge in [-0.15, -0.1) is 0 Å². The molecule has 0 amide bonds. The van der Waals surface area contributed by atoms with Crippen LogP contribution in [-0.4, -0.2) is 28.4 Å². The molecule has 0 saturated carbocycles. The number of aliphatic hydroxyl groups is 1. The number of halogens is 3. The van der Waals surface area contributed by atoms with Crippen LogP contribution in [0.2, 0.25) is 0 Å². The maximum absolute atomic E-state index is 11.6. The van der Waals surface area contributed by atoms with E-state index in [4.69, 9.17) is 5.11 Å². The summed E-state index contributed by atoms with van der Waals surface area (Å²) in [6.45, 7) is 0. The zero-order valence-corrected chi connectivity index (χ0v) is 5.22. The summed E-state index contributed by atoms with van der Waals surface area (Å²) < 4.78 is 34.9. The van der Waals surface area contributed by atoms with Gasteiger partial charge in [-0.2, -0.15) is 24.9 Å². The molecule has 1 rings (SSSR count). The fourth-order valence-corrected chi connectivity index (χ4v) is 1.38. The van der Waals surface area contributed by atoms with Gasteiger partial charge in [0.2, 0.25) is 0 Å². The molecule has 0 unspecified atom stereocenters. The third kappa shape index (κ3) is 1.03. The zero-order chi connectivity index (χ0) is 7.12. The molecule has 0 bridgehead atoms. The van der Waals surface area contributed by atoms with Crippen molar-refractivity contribution in [1.29, 1.82) is 0 Å². The average Bonchev–Trinajstić information content (AvgIpc) is 1.57. The molecule has 0 aromatic heterocycles. The van der Waals surface area contributed by atoms with Crippen molar-refractivity contribution in [3.05, 3.63) is 0 Å². The Morgan fingerprint density at radius 1 is 1.33 bits per heavy atom. The van der Waals surface area contributed by atoms with Crippen molar-refractivity contribution in [3.63, 3.8) is 0 Å². The van der Waals surface area contributed by atoms with Crippen molar-refractivity contribution < 1.29 is 18.3 Å². The van der Waals surface area contributed by atoms with Crippen molar-refractivity contribution in [2.75, 3.05) is 11.5 Å². The smallest absolute Gasteiger partial charge is 0.379 e. The summed E-state index contributed by atoms with van der Waals surface area (Å²) in [6, 6.07) is 0. The van der Waals surface area contributed by atoms with Gasteiger partial charge in [-0.3, -0.25) is 0 Å². The van der Waals surface area contributed by atoms with Gasteiger partial charge in [0.1, 0.15) is 0 Å². The average molecular weight is 158 g/mol. The highest BCUT2D eigenvalue weighted by atomic mass is 32.2. The number of rotatable bonds is 0. The minimum absolute atomic E-state index is 0.212. The summed E-state index contributed by atoms with van der Waals surface area (Å²) in [6.07, 6.45) is -4.43. The molecule has 1 N–H and O–H groups in total. The first kappa shape index (κ1) is 7.21. The molecule has 1 heterocycles. The maximum Gasteiger partial charge on any atom is 0.418 e. The molecule has 0 radical (unpaired) electrons. The molecule has 0 aliphatic carbocycles. The Labute approximate surface area is 54.2 Å². The highest BCUT2D eigenvalue weighted by Gasteiger charge is 2.57. The Balaban J connectivity index is 2.59. The molecule has 1 fully saturated rings. The zero-order valence-electron chi connectivity index (χ0n) is 4.40. The van der Waals surface area contributed by atoms with Crippen LogP contribution in [-0.2, 0) is 0 Å². The van der Waals surface area contributed by atoms with Crippen molar-refractivity contribution in [2.45, 2.75) is 11.8 Å². The monoisotopic (exact) mass is 158 g/mol. The van der Waals surface area contributed by atoms with Gasteiger partial charge in [-0.25, -0.2) is 0 Å². The molecular weight excluding hydrogens is 153 g/mol. The van der Waals surface area contributed by atoms with E-state index < -0.39 is 11.8 Å². The number of thioether (sulfide) groups is 1. The first-order chi connectivity index (χ1) is 3.96. The Bertz CT molecular complexity index is 117. The Morgan fingerprint density at radius 3 is 1.78 bits per heavy atom. The minimum atomic E-state index is -4.43. The predicted octanol–water partition coefficient (Wildman–Crippen LogP) is 1.03. The standard InChI is InChI=1S/C4H5F3OS/c5-4(6,7)3(8)1-9-2-3/h8H,1-2H2. The normalized spacial score (nSPS) is 25.3. The van der Waals surface area contributed by atoms with Gasteiger partial charge in [-0.1, -0.05) is 0 Å². The quantitative estimate of drug-likeness (QED) is 0.568. The van der Waals surface area contributed by atoms with E-state index in [9.17, 15) is 13.2 Å². The fraction of sp³-hybridized carbons (Fsp3) is 1.00. The molecule has 1 aliphatic rings. The van der Waals surface area contributed by atoms with E-state index in [2.05, 4.69) is 0 Å². The van der Waals surface area contributed by atoms with Crippen molar-refractivity contribution in [2.24, 2.45) is 0 Å². The van der Waals surface area contributed by atoms with Gasteiger partial charge in [0, 0.05) is 11.5 Å². The molecule has 0 spiro atoms. The first-order valence-electron chi connectivity index (χ1n) is 2.33. The lowest BCUT2D eigenvalue weighted by Crippen LogP contribution is -2.55. The van der Waals surface area contributed by atoms with Crippen molar-refractivity contribution in [1.82, 2.24) is 0 Å². The number of hydrogen-bond acceptors (Lipinski definition) is 2. The van der Waals surface area contributed by atoms with Crippen LogP contribution in [0.1, 0.15) is 0 Å². The molecule has 5 heteroatoms. The highest BCUT2D eigenvalue weighted by Crippen LogP contribution is 2.42. The molecule has 0 atom stereocenters. The van der Waals surface area contributed by atoms with Crippen LogP contribution in [0.15, 0.2) is 0 Å². The third-order valence-corrected chi connectivity index (χ3v) is 2.57. The lowest BCUT2D eigenvalue weighted by Gasteiger charge is -2.37. The van der Waals surface area contributed by atoms with E-state index in [1.54, 1.807) is 0 Å². The van der Waals surface area contributed by atoms with Crippen molar-refractivity contribution in [3.8, 4) is 0 Å². The van der Waals surface area contributed by atoms with E-state index in [1.807, 2.05) is 0 Å². The van der Waals surface area contributed by atoms with E-state index in [0.29, 0.717) is 0 Å². The predicted molar refractivity (Wildman–Crippen MR) is 28.3 cm³/mol. The van der Waals surface area contributed by atoms with Crippen LogP contribution in [0, 0.1) is 0 Å². The molecule has 1 saturated heterocycles. The van der Waals surface area contributed by atoms with Gasteiger partial charge in [0.05, 0.1) is 0 Å². The van der Waals surface area contributed by atoms with Gasteiger partial charge in [0.25, 0.3) is 0 Å². The summed E-state index contributed by atoms with van der Waals surface area (Å²) in [5, 5.41) is 8.60. The van der Waals surface area contributed by atoms with E-state index in [1.165, 1.54) is 0 Å². The minimum Gasteiger partial charge on any atom is -0.379 e. The molecule has 9 heavy (non-hydrogen) atoms. The molecule has 0 aromatic rings. The Kier molecular flexibility index (Phi) is 1.43. The van der Waals surface area contributed by atoms with Crippen molar-refractivity contribution >= 4 is 11.8 Å². The highest BCUT2D eigenvalue weighted by molar-refractivity contribution is 8.00. The van der Waals surface area contributed by atoms with E-state index in [0.717, 1.165) is 11.8 Å². The van der Waals surface area contributed by atoms with Crippen LogP contribution < -0.4 is 0 Å². The van der Waals surface area contributed by atoms with Crippen LogP contribution >= 0.6 is 11.8 Å². The number of hydrogen-bond donors (Lipinski definition) is 1. The van der Waals surface area contributed by atoms with Crippen LogP contribution in [0.3, 0.4) is 0 Å². The second-order valence-corrected chi connectivity index (χ2v) is 3.01.